The van der Waals surface area contributed by atoms with Crippen LogP contribution in [0.5, 0.6) is 0 Å². The molecule has 104 valence electrons. The summed E-state index contributed by atoms with van der Waals surface area (Å²) in [6, 6.07) is 10.2. The average molecular weight is 260 g/mol. The van der Waals surface area contributed by atoms with Crippen molar-refractivity contribution in [2.45, 2.75) is 51.7 Å². The summed E-state index contributed by atoms with van der Waals surface area (Å²) in [6.45, 7) is 5.15. The number of carbonyl (C=O) groups excluding carboxylic acids is 1. The van der Waals surface area contributed by atoms with Crippen LogP contribution in [0.15, 0.2) is 30.3 Å². The van der Waals surface area contributed by atoms with Crippen molar-refractivity contribution in [3.8, 4) is 0 Å². The molecule has 0 aliphatic carbocycles. The van der Waals surface area contributed by atoms with Crippen molar-refractivity contribution in [1.29, 1.82) is 0 Å². The Hall–Kier alpha value is -1.35. The number of benzene rings is 1. The van der Waals surface area contributed by atoms with Gasteiger partial charge in [-0.3, -0.25) is 10.1 Å². The molecule has 1 heterocycles. The predicted octanol–water partition coefficient (Wildman–Crippen LogP) is 2.57. The molecule has 2 rings (SSSR count). The average Bonchev–Trinajstić information content (AvgIpc) is 2.68. The Morgan fingerprint density at radius 1 is 1.21 bits per heavy atom. The van der Waals surface area contributed by atoms with Crippen LogP contribution in [-0.2, 0) is 11.2 Å². The molecule has 1 aliphatic heterocycles. The monoisotopic (exact) mass is 260 g/mol. The molecule has 0 bridgehead atoms. The van der Waals surface area contributed by atoms with Gasteiger partial charge in [0.25, 0.3) is 0 Å². The van der Waals surface area contributed by atoms with Crippen molar-refractivity contribution in [3.63, 3.8) is 0 Å². The van der Waals surface area contributed by atoms with Gasteiger partial charge in [0.1, 0.15) is 0 Å². The molecule has 0 saturated carbocycles. The minimum Gasteiger partial charge on any atom is -0.326 e. The molecule has 3 nitrogen and oxygen atoms in total. The number of rotatable bonds is 6. The third-order valence-corrected chi connectivity index (χ3v) is 3.78. The molecule has 1 aromatic rings. The minimum absolute atomic E-state index is 0.0565. The Morgan fingerprint density at radius 3 is 2.63 bits per heavy atom. The number of nitrogens with one attached hydrogen (secondary N) is 1. The van der Waals surface area contributed by atoms with Gasteiger partial charge in [-0.05, 0) is 25.3 Å². The molecule has 19 heavy (non-hydrogen) atoms. The van der Waals surface area contributed by atoms with Gasteiger partial charge >= 0.3 is 0 Å². The number of nitrogens with zero attached hydrogens (tertiary/aromatic N) is 1. The lowest BCUT2D eigenvalue weighted by atomic mass is 10.1. The highest BCUT2D eigenvalue weighted by Gasteiger charge is 2.35. The Labute approximate surface area is 116 Å². The van der Waals surface area contributed by atoms with Gasteiger partial charge in [-0.15, -0.1) is 0 Å². The molecule has 1 aromatic carbocycles. The maximum absolute atomic E-state index is 12.4. The third kappa shape index (κ3) is 3.57. The van der Waals surface area contributed by atoms with Crippen LogP contribution >= 0.6 is 0 Å². The fourth-order valence-electron chi connectivity index (χ4n) is 2.68. The first-order valence-corrected chi connectivity index (χ1v) is 7.33. The van der Waals surface area contributed by atoms with Gasteiger partial charge in [-0.2, -0.15) is 0 Å². The number of hydrogen-bond donors (Lipinski definition) is 1. The summed E-state index contributed by atoms with van der Waals surface area (Å²) in [6.07, 6.45) is 4.44. The third-order valence-electron chi connectivity index (χ3n) is 3.78. The van der Waals surface area contributed by atoms with Gasteiger partial charge in [0.2, 0.25) is 5.91 Å². The topological polar surface area (TPSA) is 32.3 Å². The summed E-state index contributed by atoms with van der Waals surface area (Å²) < 4.78 is 0. The van der Waals surface area contributed by atoms with Crippen LogP contribution in [0, 0.1) is 0 Å². The van der Waals surface area contributed by atoms with E-state index in [0.717, 1.165) is 19.4 Å². The standard InChI is InChI=1S/C16H24N2O/c1-3-4-8-11-18-13(2)17-15(16(18)19)12-14-9-6-5-7-10-14/h5-7,9-10,13,15,17H,3-4,8,11-12H2,1-2H3. The van der Waals surface area contributed by atoms with Crippen LogP contribution in [0.25, 0.3) is 0 Å². The van der Waals surface area contributed by atoms with Crippen LogP contribution in [0.2, 0.25) is 0 Å². The quantitative estimate of drug-likeness (QED) is 0.797. The van der Waals surface area contributed by atoms with Gasteiger partial charge in [0.05, 0.1) is 12.2 Å². The molecule has 2 unspecified atom stereocenters. The lowest BCUT2D eigenvalue weighted by Crippen LogP contribution is -2.35. The molecule has 0 spiro atoms. The summed E-state index contributed by atoms with van der Waals surface area (Å²) in [7, 11) is 0. The van der Waals surface area contributed by atoms with Crippen LogP contribution in [0.4, 0.5) is 0 Å². The van der Waals surface area contributed by atoms with Crippen molar-refractivity contribution >= 4 is 5.91 Å². The van der Waals surface area contributed by atoms with Gasteiger partial charge in [-0.25, -0.2) is 0 Å². The number of hydrogen-bond acceptors (Lipinski definition) is 2. The van der Waals surface area contributed by atoms with Gasteiger partial charge in [-0.1, -0.05) is 50.1 Å². The molecule has 1 amide bonds. The van der Waals surface area contributed by atoms with Gasteiger partial charge in [0.15, 0.2) is 0 Å². The van der Waals surface area contributed by atoms with Crippen molar-refractivity contribution < 1.29 is 4.79 Å². The second-order valence-corrected chi connectivity index (χ2v) is 5.32. The van der Waals surface area contributed by atoms with E-state index in [4.69, 9.17) is 0 Å². The van der Waals surface area contributed by atoms with Crippen molar-refractivity contribution in [1.82, 2.24) is 10.2 Å². The molecule has 1 saturated heterocycles. The van der Waals surface area contributed by atoms with Crippen molar-refractivity contribution in [2.75, 3.05) is 6.54 Å². The Kier molecular flexibility index (Phi) is 4.97. The van der Waals surface area contributed by atoms with E-state index in [1.54, 1.807) is 0 Å². The molecule has 0 radical (unpaired) electrons. The van der Waals surface area contributed by atoms with E-state index in [-0.39, 0.29) is 18.1 Å². The molecule has 2 atom stereocenters. The maximum Gasteiger partial charge on any atom is 0.241 e. The van der Waals surface area contributed by atoms with E-state index < -0.39 is 0 Å². The van der Waals surface area contributed by atoms with Gasteiger partial charge in [0, 0.05) is 6.54 Å². The highest BCUT2D eigenvalue weighted by molar-refractivity contribution is 5.84. The zero-order chi connectivity index (χ0) is 13.7. The zero-order valence-corrected chi connectivity index (χ0v) is 11.9. The number of carbonyl (C=O) groups is 1. The normalized spacial score (nSPS) is 23.1. The fraction of sp³-hybridized carbons (Fsp3) is 0.562. The highest BCUT2D eigenvalue weighted by Crippen LogP contribution is 2.15. The predicted molar refractivity (Wildman–Crippen MR) is 77.8 cm³/mol. The summed E-state index contributed by atoms with van der Waals surface area (Å²) in [5.41, 5.74) is 1.22. The van der Waals surface area contributed by atoms with Crippen LogP contribution in [0.1, 0.15) is 38.7 Å². The highest BCUT2D eigenvalue weighted by atomic mass is 16.2. The Morgan fingerprint density at radius 2 is 1.95 bits per heavy atom. The zero-order valence-electron chi connectivity index (χ0n) is 11.9. The molecular formula is C16H24N2O. The van der Waals surface area contributed by atoms with Crippen molar-refractivity contribution in [3.05, 3.63) is 35.9 Å². The number of unbranched alkanes of at least 4 members (excludes halogenated alkanes) is 2. The number of amides is 1. The molecular weight excluding hydrogens is 236 g/mol. The van der Waals surface area contributed by atoms with Crippen LogP contribution in [0.3, 0.4) is 0 Å². The van der Waals surface area contributed by atoms with E-state index in [0.29, 0.717) is 0 Å². The molecule has 1 aliphatic rings. The van der Waals surface area contributed by atoms with E-state index in [1.807, 2.05) is 23.1 Å². The first-order valence-electron chi connectivity index (χ1n) is 7.33. The lowest BCUT2D eigenvalue weighted by molar-refractivity contribution is -0.129. The second-order valence-electron chi connectivity index (χ2n) is 5.32. The lowest BCUT2D eigenvalue weighted by Gasteiger charge is -2.20. The summed E-state index contributed by atoms with van der Waals surface area (Å²) >= 11 is 0. The van der Waals surface area contributed by atoms with Crippen LogP contribution < -0.4 is 5.32 Å². The largest absolute Gasteiger partial charge is 0.326 e. The van der Waals surface area contributed by atoms with E-state index in [9.17, 15) is 4.79 Å². The second kappa shape index (κ2) is 6.71. The summed E-state index contributed by atoms with van der Waals surface area (Å²) in [5, 5.41) is 3.41. The maximum atomic E-state index is 12.4. The van der Waals surface area contributed by atoms with E-state index in [2.05, 4.69) is 31.3 Å². The SMILES string of the molecule is CCCCCN1C(=O)C(Cc2ccccc2)NC1C. The minimum atomic E-state index is -0.0565. The van der Waals surface area contributed by atoms with Gasteiger partial charge < -0.3 is 4.90 Å². The molecule has 3 heteroatoms. The smallest absolute Gasteiger partial charge is 0.241 e. The fourth-order valence-corrected chi connectivity index (χ4v) is 2.68. The summed E-state index contributed by atoms with van der Waals surface area (Å²) in [5.74, 6) is 0.257. The van der Waals surface area contributed by atoms with Crippen LogP contribution in [-0.4, -0.2) is 29.6 Å². The first kappa shape index (κ1) is 14.1. The van der Waals surface area contributed by atoms with E-state index >= 15 is 0 Å². The first-order chi connectivity index (χ1) is 9.22. The van der Waals surface area contributed by atoms with E-state index in [1.165, 1.54) is 18.4 Å². The molecule has 1 N–H and O–H groups in total. The van der Waals surface area contributed by atoms with Crippen molar-refractivity contribution in [2.24, 2.45) is 0 Å². The molecule has 0 aromatic heterocycles. The molecule has 1 fully saturated rings. The Balaban J connectivity index is 1.92. The summed E-state index contributed by atoms with van der Waals surface area (Å²) in [4.78, 5) is 14.4. The Bertz CT molecular complexity index is 404.